The largest absolute Gasteiger partial charge is 0.420 e. The highest BCUT2D eigenvalue weighted by atomic mass is 32.2. The second-order valence-electron chi connectivity index (χ2n) is 7.68. The van der Waals surface area contributed by atoms with Crippen LogP contribution in [0.2, 0.25) is 0 Å². The van der Waals surface area contributed by atoms with Gasteiger partial charge >= 0.3 is 5.76 Å². The summed E-state index contributed by atoms with van der Waals surface area (Å²) in [6.45, 7) is 0.138. The minimum Gasteiger partial charge on any atom is -0.407 e. The maximum absolute atomic E-state index is 12.8. The first-order valence-electron chi connectivity index (χ1n) is 10.5. The summed E-state index contributed by atoms with van der Waals surface area (Å²) >= 11 is 0. The molecule has 0 spiro atoms. The number of carbonyl (C=O) groups excluding carboxylic acids is 1. The normalized spacial score (nSPS) is 14.3. The fourth-order valence-electron chi connectivity index (χ4n) is 3.57. The maximum Gasteiger partial charge on any atom is 0.420 e. The van der Waals surface area contributed by atoms with Gasteiger partial charge in [-0.2, -0.15) is 0 Å². The highest BCUT2D eigenvalue weighted by Gasteiger charge is 2.19. The molecule has 0 saturated carbocycles. The zero-order valence-electron chi connectivity index (χ0n) is 17.9. The average Bonchev–Trinajstić information content (AvgIpc) is 2.93. The zero-order chi connectivity index (χ0) is 24.3. The quantitative estimate of drug-likeness (QED) is 0.398. The number of anilines is 1. The van der Waals surface area contributed by atoms with Gasteiger partial charge in [-0.15, -0.1) is 0 Å². The lowest BCUT2D eigenvalue weighted by Gasteiger charge is -2.11. The minimum atomic E-state index is -3.89. The molecule has 3 aromatic rings. The van der Waals surface area contributed by atoms with Crippen molar-refractivity contribution in [2.45, 2.75) is 37.1 Å². The molecular weight excluding hydrogens is 466 g/mol. The van der Waals surface area contributed by atoms with Crippen molar-refractivity contribution in [1.82, 2.24) is 9.29 Å². The molecule has 178 valence electrons. The van der Waals surface area contributed by atoms with Crippen LogP contribution in [0.5, 0.6) is 0 Å². The number of non-ortho nitro benzene ring substituents is 1. The summed E-state index contributed by atoms with van der Waals surface area (Å²) in [6.07, 6.45) is 3.31. The summed E-state index contributed by atoms with van der Waals surface area (Å²) in [4.78, 5) is 39.2. The number of nitro groups is 1. The van der Waals surface area contributed by atoms with Crippen molar-refractivity contribution in [2.24, 2.45) is 4.99 Å². The summed E-state index contributed by atoms with van der Waals surface area (Å²) < 4.78 is 34.1. The van der Waals surface area contributed by atoms with E-state index in [0.29, 0.717) is 18.8 Å². The van der Waals surface area contributed by atoms with E-state index in [-0.39, 0.29) is 27.4 Å². The van der Waals surface area contributed by atoms with Gasteiger partial charge in [0.2, 0.25) is 5.91 Å². The van der Waals surface area contributed by atoms with E-state index >= 15 is 0 Å². The molecule has 2 heterocycles. The number of carbonyl (C=O) groups is 1. The van der Waals surface area contributed by atoms with Crippen molar-refractivity contribution in [3.8, 4) is 0 Å². The predicted molar refractivity (Wildman–Crippen MR) is 123 cm³/mol. The molecule has 0 unspecified atom stereocenters. The van der Waals surface area contributed by atoms with Crippen LogP contribution in [-0.4, -0.2) is 36.2 Å². The Bertz CT molecular complexity index is 1460. The van der Waals surface area contributed by atoms with Crippen molar-refractivity contribution in [2.75, 3.05) is 11.9 Å². The summed E-state index contributed by atoms with van der Waals surface area (Å²) in [7, 11) is -3.89. The number of fused-ring (bicyclic) bond motifs is 1. The molecule has 1 aliphatic rings. The number of hydrogen-bond acceptors (Lipinski definition) is 8. The van der Waals surface area contributed by atoms with Gasteiger partial charge in [-0.3, -0.25) is 29.2 Å². The number of nitro benzene ring substituents is 1. The number of rotatable bonds is 6. The van der Waals surface area contributed by atoms with Gasteiger partial charge in [0.25, 0.3) is 15.7 Å². The number of nitrogens with one attached hydrogen (secondary N) is 2. The van der Waals surface area contributed by atoms with Crippen LogP contribution in [-0.2, 0) is 21.4 Å². The molecule has 0 aliphatic carbocycles. The van der Waals surface area contributed by atoms with E-state index < -0.39 is 33.2 Å². The fraction of sp³-hybridized carbons (Fsp3) is 0.286. The Morgan fingerprint density at radius 3 is 2.79 bits per heavy atom. The number of hydrogen-bond donors (Lipinski definition) is 2. The predicted octanol–water partition coefficient (Wildman–Crippen LogP) is 2.39. The lowest BCUT2D eigenvalue weighted by Crippen LogP contribution is -2.30. The Morgan fingerprint density at radius 1 is 1.18 bits per heavy atom. The SMILES string of the molecule is O=C(Cn1c(=O)oc2cc([N+](=O)[O-])ccc21)Nc1cccc(S(=O)(=O)NC2=NCCCCC2)c1. The number of aromatic nitrogens is 1. The molecule has 0 radical (unpaired) electrons. The Labute approximate surface area is 193 Å². The van der Waals surface area contributed by atoms with E-state index in [1.54, 1.807) is 0 Å². The number of aliphatic imine (C=N–C) groups is 1. The molecule has 2 aromatic carbocycles. The van der Waals surface area contributed by atoms with Crippen molar-refractivity contribution < 1.29 is 22.6 Å². The number of oxazole rings is 1. The highest BCUT2D eigenvalue weighted by molar-refractivity contribution is 7.90. The monoisotopic (exact) mass is 487 g/mol. The third kappa shape index (κ3) is 5.14. The number of amides is 1. The Balaban J connectivity index is 1.49. The van der Waals surface area contributed by atoms with Gasteiger partial charge in [-0.05, 0) is 37.1 Å². The molecular formula is C21H21N5O7S. The van der Waals surface area contributed by atoms with Crippen LogP contribution in [0.3, 0.4) is 0 Å². The van der Waals surface area contributed by atoms with Gasteiger partial charge in [0.1, 0.15) is 12.4 Å². The summed E-state index contributed by atoms with van der Waals surface area (Å²) in [5.41, 5.74) is 0.162. The van der Waals surface area contributed by atoms with E-state index in [1.807, 2.05) is 0 Å². The van der Waals surface area contributed by atoms with Gasteiger partial charge in [-0.25, -0.2) is 13.2 Å². The van der Waals surface area contributed by atoms with Crippen LogP contribution < -0.4 is 15.8 Å². The molecule has 1 amide bonds. The molecule has 12 nitrogen and oxygen atoms in total. The summed E-state index contributed by atoms with van der Waals surface area (Å²) in [5.74, 6) is -1.05. The highest BCUT2D eigenvalue weighted by Crippen LogP contribution is 2.21. The van der Waals surface area contributed by atoms with E-state index in [2.05, 4.69) is 15.0 Å². The maximum atomic E-state index is 12.8. The lowest BCUT2D eigenvalue weighted by molar-refractivity contribution is -0.384. The third-order valence-electron chi connectivity index (χ3n) is 5.22. The van der Waals surface area contributed by atoms with Gasteiger partial charge in [0.15, 0.2) is 5.58 Å². The molecule has 13 heteroatoms. The standard InChI is InChI=1S/C21H21N5O7S/c27-20(13-25-17-9-8-15(26(29)30)12-18(17)33-21(25)28)23-14-5-4-6-16(11-14)34(31,32)24-19-7-2-1-3-10-22-19/h4-6,8-9,11-12H,1-3,7,10,13H2,(H,22,24)(H,23,27). The summed E-state index contributed by atoms with van der Waals surface area (Å²) in [6, 6.07) is 9.32. The number of sulfonamides is 1. The van der Waals surface area contributed by atoms with Crippen LogP contribution in [0.1, 0.15) is 25.7 Å². The van der Waals surface area contributed by atoms with Crippen LogP contribution >= 0.6 is 0 Å². The lowest BCUT2D eigenvalue weighted by atomic mass is 10.2. The molecule has 0 saturated heterocycles. The van der Waals surface area contributed by atoms with E-state index in [0.717, 1.165) is 29.9 Å². The molecule has 0 atom stereocenters. The first-order chi connectivity index (χ1) is 16.2. The van der Waals surface area contributed by atoms with E-state index in [9.17, 15) is 28.1 Å². The molecule has 0 fully saturated rings. The molecule has 0 bridgehead atoms. The van der Waals surface area contributed by atoms with Crippen molar-refractivity contribution in [3.63, 3.8) is 0 Å². The number of nitrogens with zero attached hydrogens (tertiary/aromatic N) is 3. The van der Waals surface area contributed by atoms with Crippen LogP contribution in [0, 0.1) is 10.1 Å². The minimum absolute atomic E-state index is 0.0207. The van der Waals surface area contributed by atoms with Crippen molar-refractivity contribution >= 4 is 44.2 Å². The first-order valence-corrected chi connectivity index (χ1v) is 11.9. The Kier molecular flexibility index (Phi) is 6.45. The second-order valence-corrected chi connectivity index (χ2v) is 9.37. The second kappa shape index (κ2) is 9.47. The van der Waals surface area contributed by atoms with Gasteiger partial charge in [0.05, 0.1) is 21.4 Å². The van der Waals surface area contributed by atoms with Gasteiger partial charge in [-0.1, -0.05) is 12.5 Å². The third-order valence-corrected chi connectivity index (χ3v) is 6.60. The Hall–Kier alpha value is -4.00. The van der Waals surface area contributed by atoms with E-state index in [1.165, 1.54) is 36.4 Å². The van der Waals surface area contributed by atoms with Crippen molar-refractivity contribution in [3.05, 3.63) is 63.1 Å². The molecule has 34 heavy (non-hydrogen) atoms. The van der Waals surface area contributed by atoms with Crippen LogP contribution in [0.25, 0.3) is 11.1 Å². The molecule has 1 aromatic heterocycles. The topological polar surface area (TPSA) is 166 Å². The van der Waals surface area contributed by atoms with Crippen LogP contribution in [0.4, 0.5) is 11.4 Å². The number of benzene rings is 2. The van der Waals surface area contributed by atoms with E-state index in [4.69, 9.17) is 4.42 Å². The van der Waals surface area contributed by atoms with Gasteiger partial charge < -0.3 is 9.73 Å². The molecule has 2 N–H and O–H groups in total. The zero-order valence-corrected chi connectivity index (χ0v) is 18.7. The number of amidine groups is 1. The molecule has 4 rings (SSSR count). The van der Waals surface area contributed by atoms with Crippen LogP contribution in [0.15, 0.2) is 61.6 Å². The molecule has 1 aliphatic heterocycles. The van der Waals surface area contributed by atoms with Gasteiger partial charge in [0, 0.05) is 24.7 Å². The first kappa shape index (κ1) is 23.2. The average molecular weight is 487 g/mol. The van der Waals surface area contributed by atoms with Crippen molar-refractivity contribution in [1.29, 1.82) is 0 Å². The smallest absolute Gasteiger partial charge is 0.407 e. The Morgan fingerprint density at radius 2 is 2.00 bits per heavy atom. The fourth-order valence-corrected chi connectivity index (χ4v) is 4.71. The summed E-state index contributed by atoms with van der Waals surface area (Å²) in [5, 5.41) is 13.5.